The minimum Gasteiger partial charge on any atom is -0.467 e. The summed E-state index contributed by atoms with van der Waals surface area (Å²) >= 11 is 0. The monoisotopic (exact) mass is 485 g/mol. The number of rotatable bonds is 7. The van der Waals surface area contributed by atoms with Crippen molar-refractivity contribution in [1.29, 1.82) is 10.7 Å². The van der Waals surface area contributed by atoms with Crippen LogP contribution in [0.2, 0.25) is 0 Å². The summed E-state index contributed by atoms with van der Waals surface area (Å²) in [5.41, 5.74) is 5.19. The van der Waals surface area contributed by atoms with E-state index in [2.05, 4.69) is 35.9 Å². The predicted molar refractivity (Wildman–Crippen MR) is 137 cm³/mol. The number of fused-ring (bicyclic) bond motifs is 3. The van der Waals surface area contributed by atoms with Crippen LogP contribution >= 0.6 is 0 Å². The first kappa shape index (κ1) is 23.2. The first-order chi connectivity index (χ1) is 17.5. The van der Waals surface area contributed by atoms with Gasteiger partial charge in [-0.05, 0) is 32.0 Å². The number of benzene rings is 1. The van der Waals surface area contributed by atoms with Crippen LogP contribution in [-0.2, 0) is 0 Å². The third-order valence-electron chi connectivity index (χ3n) is 6.09. The van der Waals surface area contributed by atoms with E-state index in [4.69, 9.17) is 10.1 Å². The molecule has 0 unspecified atom stereocenters. The van der Waals surface area contributed by atoms with Crippen molar-refractivity contribution in [3.63, 3.8) is 0 Å². The average molecular weight is 486 g/mol. The molecule has 4 aromatic rings. The molecule has 0 aliphatic carbocycles. The Morgan fingerprint density at radius 1 is 1.25 bits per heavy atom. The quantitative estimate of drug-likeness (QED) is 0.247. The number of anilines is 2. The molecule has 5 N–H and O–H groups in total. The molecule has 0 bridgehead atoms. The largest absolute Gasteiger partial charge is 0.467 e. The van der Waals surface area contributed by atoms with Crippen molar-refractivity contribution in [1.82, 2.24) is 25.3 Å². The molecule has 0 spiro atoms. The fraction of sp³-hybridized carbons (Fsp3) is 0.240. The highest BCUT2D eigenvalue weighted by Crippen LogP contribution is 2.40. The van der Waals surface area contributed by atoms with Crippen molar-refractivity contribution in [2.24, 2.45) is 0 Å². The second kappa shape index (κ2) is 9.59. The van der Waals surface area contributed by atoms with E-state index in [1.54, 1.807) is 18.6 Å². The summed E-state index contributed by atoms with van der Waals surface area (Å²) in [5, 5.41) is 28.8. The van der Waals surface area contributed by atoms with Crippen LogP contribution in [0.25, 0.3) is 33.1 Å². The van der Waals surface area contributed by atoms with Gasteiger partial charge in [-0.3, -0.25) is 5.41 Å². The maximum absolute atomic E-state index is 14.7. The average Bonchev–Trinajstić information content (AvgIpc) is 3.28. The topological polar surface area (TPSA) is 147 Å². The Hall–Kier alpha value is -4.56. The third-order valence-corrected chi connectivity index (χ3v) is 6.09. The number of pyridine rings is 1. The second-order valence-electron chi connectivity index (χ2n) is 8.26. The van der Waals surface area contributed by atoms with Gasteiger partial charge in [0.15, 0.2) is 0 Å². The van der Waals surface area contributed by atoms with Gasteiger partial charge in [0.25, 0.3) is 0 Å². The number of nitriles is 1. The van der Waals surface area contributed by atoms with Gasteiger partial charge < -0.3 is 25.7 Å². The maximum atomic E-state index is 14.7. The maximum Gasteiger partial charge on any atom is 0.316 e. The van der Waals surface area contributed by atoms with E-state index in [0.717, 1.165) is 5.52 Å². The molecule has 1 aliphatic rings. The lowest BCUT2D eigenvalue weighted by atomic mass is 10.00. The number of hydrogen-bond donors (Lipinski definition) is 5. The summed E-state index contributed by atoms with van der Waals surface area (Å²) < 4.78 is 19.8. The molecule has 5 rings (SSSR count). The number of hydrogen-bond acceptors (Lipinski definition) is 9. The van der Waals surface area contributed by atoms with Crippen LogP contribution in [-0.4, -0.2) is 52.4 Å². The third kappa shape index (κ3) is 4.08. The number of aromatic nitrogens is 4. The smallest absolute Gasteiger partial charge is 0.316 e. The molecular weight excluding hydrogens is 461 g/mol. The van der Waals surface area contributed by atoms with Crippen LogP contribution in [0.3, 0.4) is 0 Å². The van der Waals surface area contributed by atoms with E-state index in [-0.39, 0.29) is 17.5 Å². The number of nitrogens with one attached hydrogen (secondary N) is 5. The molecule has 0 fully saturated rings. The Morgan fingerprint density at radius 2 is 2.06 bits per heavy atom. The van der Waals surface area contributed by atoms with Gasteiger partial charge >= 0.3 is 6.01 Å². The van der Waals surface area contributed by atoms with Gasteiger partial charge in [0.1, 0.15) is 23.2 Å². The standard InChI is InChI=1S/C25H24FN9O/c1-3-30-19-7-14(26)6-16-21-23(34-20-12-29-5-4-15(20)18(28)8-27)17(11-31-24(21)35-22(16)19)13-9-32-25(36-2)33-10-13/h6-7,9-11,28-30H,3-5,12H2,1-2H3,(H2,31,34,35). The van der Waals surface area contributed by atoms with E-state index in [1.165, 1.54) is 19.2 Å². The SMILES string of the molecule is CCNc1cc(F)cc2c1[nH]c1ncc(-c3cnc(OC)nc3)c(NC3=C(C(=N)C#N)CCNC3)c12. The molecule has 0 radical (unpaired) electrons. The van der Waals surface area contributed by atoms with Crippen molar-refractivity contribution >= 4 is 39.0 Å². The summed E-state index contributed by atoms with van der Waals surface area (Å²) in [4.78, 5) is 16.4. The van der Waals surface area contributed by atoms with E-state index >= 15 is 0 Å². The number of ether oxygens (including phenoxy) is 1. The zero-order chi connectivity index (χ0) is 25.2. The summed E-state index contributed by atoms with van der Waals surface area (Å²) in [6, 6.07) is 5.10. The fourth-order valence-corrected chi connectivity index (χ4v) is 4.46. The van der Waals surface area contributed by atoms with E-state index in [0.29, 0.717) is 76.2 Å². The lowest BCUT2D eigenvalue weighted by Gasteiger charge is -2.23. The molecule has 0 saturated carbocycles. The first-order valence-electron chi connectivity index (χ1n) is 11.5. The van der Waals surface area contributed by atoms with E-state index in [9.17, 15) is 9.65 Å². The van der Waals surface area contributed by atoms with Gasteiger partial charge in [-0.25, -0.2) is 19.3 Å². The Kier molecular flexibility index (Phi) is 6.18. The van der Waals surface area contributed by atoms with Crippen LogP contribution in [0, 0.1) is 22.6 Å². The lowest BCUT2D eigenvalue weighted by Crippen LogP contribution is -2.30. The van der Waals surface area contributed by atoms with Gasteiger partial charge in [-0.2, -0.15) is 5.26 Å². The molecular formula is C25H24FN9O. The molecule has 3 aromatic heterocycles. The van der Waals surface area contributed by atoms with Crippen LogP contribution in [0.4, 0.5) is 15.8 Å². The second-order valence-corrected chi connectivity index (χ2v) is 8.26. The summed E-state index contributed by atoms with van der Waals surface area (Å²) in [7, 11) is 1.49. The molecule has 1 aromatic carbocycles. The van der Waals surface area contributed by atoms with Crippen molar-refractivity contribution < 1.29 is 9.13 Å². The van der Waals surface area contributed by atoms with Gasteiger partial charge in [-0.1, -0.05) is 0 Å². The Bertz CT molecular complexity index is 1550. The highest BCUT2D eigenvalue weighted by molar-refractivity contribution is 6.18. The van der Waals surface area contributed by atoms with Gasteiger partial charge in [0.2, 0.25) is 0 Å². The van der Waals surface area contributed by atoms with Gasteiger partial charge in [0.05, 0.1) is 29.4 Å². The molecule has 0 atom stereocenters. The van der Waals surface area contributed by atoms with Crippen molar-refractivity contribution in [3.05, 3.63) is 47.8 Å². The van der Waals surface area contributed by atoms with Crippen LogP contribution in [0.5, 0.6) is 6.01 Å². The minimum absolute atomic E-state index is 0.0852. The molecule has 11 heteroatoms. The van der Waals surface area contributed by atoms with Crippen LogP contribution in [0.1, 0.15) is 13.3 Å². The Morgan fingerprint density at radius 3 is 2.78 bits per heavy atom. The van der Waals surface area contributed by atoms with Crippen LogP contribution in [0.15, 0.2) is 42.0 Å². The summed E-state index contributed by atoms with van der Waals surface area (Å²) in [5.74, 6) is -0.381. The number of methoxy groups -OCH3 is 1. The molecule has 36 heavy (non-hydrogen) atoms. The zero-order valence-electron chi connectivity index (χ0n) is 19.8. The van der Waals surface area contributed by atoms with Gasteiger partial charge in [0, 0.05) is 59.5 Å². The first-order valence-corrected chi connectivity index (χ1v) is 11.5. The van der Waals surface area contributed by atoms with E-state index in [1.807, 2.05) is 13.0 Å². The number of aromatic amines is 1. The van der Waals surface area contributed by atoms with Crippen molar-refractivity contribution in [3.8, 4) is 23.2 Å². The number of H-pyrrole nitrogens is 1. The molecule has 182 valence electrons. The minimum atomic E-state index is -0.381. The fourth-order valence-electron chi connectivity index (χ4n) is 4.46. The zero-order valence-corrected chi connectivity index (χ0v) is 19.8. The molecule has 10 nitrogen and oxygen atoms in total. The van der Waals surface area contributed by atoms with Crippen molar-refractivity contribution in [2.45, 2.75) is 13.3 Å². The number of nitrogens with zero attached hydrogens (tertiary/aromatic N) is 4. The molecule has 1 aliphatic heterocycles. The summed E-state index contributed by atoms with van der Waals surface area (Å²) in [6.07, 6.45) is 5.49. The molecule has 0 saturated heterocycles. The number of halogens is 1. The van der Waals surface area contributed by atoms with Gasteiger partial charge in [-0.15, -0.1) is 0 Å². The highest BCUT2D eigenvalue weighted by atomic mass is 19.1. The highest BCUT2D eigenvalue weighted by Gasteiger charge is 2.22. The Balaban J connectivity index is 1.80. The van der Waals surface area contributed by atoms with Crippen LogP contribution < -0.4 is 20.7 Å². The predicted octanol–water partition coefficient (Wildman–Crippen LogP) is 3.96. The van der Waals surface area contributed by atoms with E-state index < -0.39 is 0 Å². The van der Waals surface area contributed by atoms with Crippen molar-refractivity contribution in [2.75, 3.05) is 37.4 Å². The molecule has 0 amide bonds. The summed E-state index contributed by atoms with van der Waals surface area (Å²) in [6.45, 7) is 3.68. The Labute approximate surface area is 206 Å². The molecule has 4 heterocycles. The normalized spacial score (nSPS) is 13.6. The lowest BCUT2D eigenvalue weighted by molar-refractivity contribution is 0.380.